The van der Waals surface area contributed by atoms with Crippen LogP contribution < -0.4 is 15.8 Å². The van der Waals surface area contributed by atoms with Gasteiger partial charge >= 0.3 is 0 Å². The van der Waals surface area contributed by atoms with Crippen molar-refractivity contribution in [2.75, 3.05) is 25.9 Å². The highest BCUT2D eigenvalue weighted by molar-refractivity contribution is 5.89. The van der Waals surface area contributed by atoms with Gasteiger partial charge in [-0.1, -0.05) is 24.3 Å². The van der Waals surface area contributed by atoms with Crippen LogP contribution >= 0.6 is 0 Å². The van der Waals surface area contributed by atoms with E-state index < -0.39 is 17.6 Å². The molecule has 2 aliphatic heterocycles. The molecule has 0 radical (unpaired) electrons. The summed E-state index contributed by atoms with van der Waals surface area (Å²) >= 11 is 0. The van der Waals surface area contributed by atoms with E-state index in [1.165, 1.54) is 13.5 Å². The lowest BCUT2D eigenvalue weighted by Crippen LogP contribution is -2.49. The fourth-order valence-electron chi connectivity index (χ4n) is 9.95. The van der Waals surface area contributed by atoms with Crippen LogP contribution in [-0.4, -0.2) is 76.5 Å². The number of aryl methyl sites for hydroxylation is 2. The first-order chi connectivity index (χ1) is 26.6. The number of phenols is 1. The Morgan fingerprint density at radius 3 is 2.71 bits per heavy atom. The molecular weight excluding hydrogens is 693 g/mol. The van der Waals surface area contributed by atoms with Gasteiger partial charge < -0.3 is 31.1 Å². The van der Waals surface area contributed by atoms with Crippen LogP contribution in [0, 0.1) is 35.0 Å². The number of aliphatic imine (C=N–C) groups is 1. The number of Topliss-reactive ketones (excluding diaryl/α,β-unsaturated/α-hetero) is 2. The predicted octanol–water partition coefficient (Wildman–Crippen LogP) is 5.58. The van der Waals surface area contributed by atoms with Crippen LogP contribution in [0.3, 0.4) is 0 Å². The molecule has 0 amide bonds. The molecule has 7 rings (SSSR count). The zero-order valence-electron chi connectivity index (χ0n) is 32.3. The second kappa shape index (κ2) is 17.4. The number of methoxy groups -OCH3 is 1. The number of pyridine rings is 1. The maximum absolute atomic E-state index is 14.1. The quantitative estimate of drug-likeness (QED) is 0.174. The van der Waals surface area contributed by atoms with E-state index in [1.54, 1.807) is 6.07 Å². The number of aliphatic hydroxyl groups excluding tert-OH is 2. The van der Waals surface area contributed by atoms with Crippen LogP contribution in [-0.2, 0) is 28.9 Å². The number of fused-ring (bicyclic) bond motifs is 2. The molecule has 1 aromatic heterocycles. The Bertz CT molecular complexity index is 1860. The van der Waals surface area contributed by atoms with Gasteiger partial charge in [0, 0.05) is 50.1 Å². The first kappa shape index (κ1) is 39.2. The molecule has 1 spiro atoms. The zero-order valence-corrected chi connectivity index (χ0v) is 32.3. The molecule has 2 aromatic rings. The Hall–Kier alpha value is -4.04. The van der Waals surface area contributed by atoms with Gasteiger partial charge in [0.2, 0.25) is 0 Å². The summed E-state index contributed by atoms with van der Waals surface area (Å²) in [6.07, 6.45) is 15.5. The number of carbonyl (C=O) groups is 2. The molecule has 3 aliphatic carbocycles. The second-order valence-electron chi connectivity index (χ2n) is 16.9. The van der Waals surface area contributed by atoms with Crippen molar-refractivity contribution in [2.45, 2.75) is 127 Å². The highest BCUT2D eigenvalue weighted by atomic mass is 16.5. The van der Waals surface area contributed by atoms with Crippen molar-refractivity contribution in [3.63, 3.8) is 0 Å². The second-order valence-corrected chi connectivity index (χ2v) is 16.9. The largest absolute Gasteiger partial charge is 0.504 e. The van der Waals surface area contributed by atoms with Crippen molar-refractivity contribution in [3.8, 4) is 23.3 Å². The number of hydrogen-bond acceptors (Lipinski definition) is 10. The molecule has 3 fully saturated rings. The highest BCUT2D eigenvalue weighted by Gasteiger charge is 2.47. The highest BCUT2D eigenvalue weighted by Crippen LogP contribution is 2.45. The summed E-state index contributed by atoms with van der Waals surface area (Å²) in [4.78, 5) is 34.7. The Morgan fingerprint density at radius 1 is 1.05 bits per heavy atom. The van der Waals surface area contributed by atoms with E-state index in [4.69, 9.17) is 10.5 Å². The monoisotopic (exact) mass is 750 g/mol. The van der Waals surface area contributed by atoms with Gasteiger partial charge in [0.1, 0.15) is 17.0 Å². The third kappa shape index (κ3) is 9.17. The third-order valence-corrected chi connectivity index (χ3v) is 13.3. The van der Waals surface area contributed by atoms with Gasteiger partial charge in [-0.25, -0.2) is 4.98 Å². The molecule has 0 bridgehead atoms. The van der Waals surface area contributed by atoms with Gasteiger partial charge in [-0.15, -0.1) is 0 Å². The molecule has 55 heavy (non-hydrogen) atoms. The first-order valence-electron chi connectivity index (χ1n) is 20.6. The molecule has 1 aromatic carbocycles. The van der Waals surface area contributed by atoms with E-state index in [9.17, 15) is 24.9 Å². The molecule has 2 saturated carbocycles. The van der Waals surface area contributed by atoms with Gasteiger partial charge in [-0.05, 0) is 141 Å². The average Bonchev–Trinajstić information content (AvgIpc) is 3.71. The van der Waals surface area contributed by atoms with Gasteiger partial charge in [-0.3, -0.25) is 14.6 Å². The Morgan fingerprint density at radius 2 is 1.91 bits per heavy atom. The Kier molecular flexibility index (Phi) is 12.4. The van der Waals surface area contributed by atoms with Crippen molar-refractivity contribution in [1.82, 2.24) is 10.3 Å². The van der Waals surface area contributed by atoms with E-state index in [2.05, 4.69) is 33.2 Å². The summed E-state index contributed by atoms with van der Waals surface area (Å²) in [6.45, 7) is 1.64. The van der Waals surface area contributed by atoms with Crippen LogP contribution in [0.2, 0.25) is 0 Å². The lowest BCUT2D eigenvalue weighted by atomic mass is 9.64. The Labute approximate surface area is 325 Å². The standard InChI is InChI=1S/C45H58N4O6/c1-55-41-21-33-7-11-42(53)45(15-12-28(20-43(45)54)2-3-29-18-34-6-10-37(51)23-39(34)48-26-29)16-13-31(38(33)24-40(41)52)4-8-36(50)9-5-32-22-44(46)49-27-35(32)19-30-14-17-47-25-30/h14,21-22,24-25,27-29,31,34,36,39,43,48,50,52,54H,2-12,15,17-20,23,26H2,1H3,(H2,46,49). The number of nitrogens with one attached hydrogen (secondary N) is 1. The molecular formula is C45H58N4O6. The number of aromatic nitrogens is 1. The van der Waals surface area contributed by atoms with Crippen LogP contribution in [0.4, 0.5) is 5.82 Å². The molecule has 5 aliphatic rings. The van der Waals surface area contributed by atoms with E-state index in [0.29, 0.717) is 105 Å². The summed E-state index contributed by atoms with van der Waals surface area (Å²) < 4.78 is 5.45. The zero-order chi connectivity index (χ0) is 38.5. The number of ether oxygens (including phenoxy) is 1. The van der Waals surface area contributed by atoms with Gasteiger partial charge in [0.05, 0.1) is 25.9 Å². The van der Waals surface area contributed by atoms with Crippen molar-refractivity contribution >= 4 is 23.6 Å². The minimum Gasteiger partial charge on any atom is -0.504 e. The topological polar surface area (TPSA) is 167 Å². The van der Waals surface area contributed by atoms with Crippen molar-refractivity contribution in [1.29, 1.82) is 0 Å². The summed E-state index contributed by atoms with van der Waals surface area (Å²) in [5, 5.41) is 37.6. The first-order valence-corrected chi connectivity index (χ1v) is 20.6. The van der Waals surface area contributed by atoms with Crippen molar-refractivity contribution in [2.24, 2.45) is 28.2 Å². The Balaban J connectivity index is 1.03. The van der Waals surface area contributed by atoms with Crippen LogP contribution in [0.25, 0.3) is 0 Å². The lowest BCUT2D eigenvalue weighted by molar-refractivity contribution is -0.134. The fraction of sp³-hybridized carbons (Fsp3) is 0.600. The smallest absolute Gasteiger partial charge is 0.160 e. The van der Waals surface area contributed by atoms with E-state index >= 15 is 0 Å². The number of nitrogen functional groups attached to an aromatic ring is 1. The van der Waals surface area contributed by atoms with E-state index in [0.717, 1.165) is 66.5 Å². The minimum atomic E-state index is -1.13. The average molecular weight is 751 g/mol. The number of rotatable bonds is 12. The van der Waals surface area contributed by atoms with Crippen molar-refractivity contribution in [3.05, 3.63) is 58.3 Å². The van der Waals surface area contributed by atoms with Crippen LogP contribution in [0.1, 0.15) is 112 Å². The van der Waals surface area contributed by atoms with E-state index in [-0.39, 0.29) is 23.9 Å². The van der Waals surface area contributed by atoms with Gasteiger partial charge in [-0.2, -0.15) is 0 Å². The number of aromatic hydroxyl groups is 1. The van der Waals surface area contributed by atoms with Crippen molar-refractivity contribution < 1.29 is 29.6 Å². The number of ketones is 2. The number of nitrogens with zero attached hydrogens (tertiary/aromatic N) is 2. The minimum absolute atomic E-state index is 0.0142. The maximum Gasteiger partial charge on any atom is 0.160 e. The molecule has 10 nitrogen and oxygen atoms in total. The number of phenolic OH excluding ortho intramolecular Hbond substituents is 1. The molecule has 8 atom stereocenters. The SMILES string of the molecule is COc1cc2c(cc1O)C(CCC(O)CCc1cc(N)ncc1CC1=CCN=C1)C#CC1(CCC(CCC3CNC4CC(=O)CCC4C3)CC1O)C(=O)CC2. The fourth-order valence-corrected chi connectivity index (χ4v) is 9.95. The maximum atomic E-state index is 14.1. The number of anilines is 1. The lowest BCUT2D eigenvalue weighted by Gasteiger charge is -2.42. The normalized spacial score (nSPS) is 29.6. The molecule has 8 unspecified atom stereocenters. The molecule has 6 N–H and O–H groups in total. The number of allylic oxidation sites excluding steroid dienone is 1. The third-order valence-electron chi connectivity index (χ3n) is 13.3. The summed E-state index contributed by atoms with van der Waals surface area (Å²) in [5.41, 5.74) is 9.95. The molecule has 3 heterocycles. The number of benzene rings is 1. The molecule has 294 valence electrons. The predicted molar refractivity (Wildman–Crippen MR) is 213 cm³/mol. The van der Waals surface area contributed by atoms with Crippen LogP contribution in [0.15, 0.2) is 41.0 Å². The molecule has 10 heteroatoms. The number of piperidine rings is 1. The number of nitrogens with two attached hydrogens (primary N) is 1. The number of hydrogen-bond donors (Lipinski definition) is 5. The number of aliphatic hydroxyl groups is 2. The number of carbonyl (C=O) groups excluding carboxylic acids is 2. The summed E-state index contributed by atoms with van der Waals surface area (Å²) in [6, 6.07) is 5.74. The van der Waals surface area contributed by atoms with E-state index in [1.807, 2.05) is 24.5 Å². The van der Waals surface area contributed by atoms with Gasteiger partial charge in [0.15, 0.2) is 17.3 Å². The summed E-state index contributed by atoms with van der Waals surface area (Å²) in [7, 11) is 1.51. The molecule has 1 saturated heterocycles. The van der Waals surface area contributed by atoms with Gasteiger partial charge in [0.25, 0.3) is 0 Å². The van der Waals surface area contributed by atoms with Crippen LogP contribution in [0.5, 0.6) is 11.5 Å². The summed E-state index contributed by atoms with van der Waals surface area (Å²) in [5.74, 6) is 9.14.